The van der Waals surface area contributed by atoms with Crippen LogP contribution in [0.1, 0.15) is 26.3 Å². The monoisotopic (exact) mass is 606 g/mol. The number of anilines is 1. The van der Waals surface area contributed by atoms with Gasteiger partial charge in [-0.1, -0.05) is 47.5 Å². The molecule has 1 atom stereocenters. The van der Waals surface area contributed by atoms with Gasteiger partial charge in [0.2, 0.25) is 11.8 Å². The van der Waals surface area contributed by atoms with Gasteiger partial charge in [-0.25, -0.2) is 8.42 Å². The normalized spacial score (nSPS) is 12.1. The average molecular weight is 608 g/mol. The molecule has 0 saturated heterocycles. The molecule has 0 unspecified atom stereocenters. The molecule has 40 heavy (non-hydrogen) atoms. The summed E-state index contributed by atoms with van der Waals surface area (Å²) in [6.45, 7) is 4.16. The number of carbonyl (C=O) groups is 2. The van der Waals surface area contributed by atoms with Crippen LogP contribution in [0.4, 0.5) is 11.4 Å². The van der Waals surface area contributed by atoms with E-state index in [-0.39, 0.29) is 38.9 Å². The molecule has 0 aliphatic rings. The predicted molar refractivity (Wildman–Crippen MR) is 154 cm³/mol. The quantitative estimate of drug-likeness (QED) is 0.240. The number of non-ortho nitro benzene ring substituents is 1. The fourth-order valence-electron chi connectivity index (χ4n) is 3.83. The molecule has 0 aliphatic heterocycles. The molecule has 0 heterocycles. The Morgan fingerprint density at radius 2 is 1.50 bits per heavy atom. The highest BCUT2D eigenvalue weighted by Gasteiger charge is 2.33. The fraction of sp³-hybridized carbons (Fsp3) is 0.259. The number of carbonyl (C=O) groups excluding carboxylic acids is 2. The molecular weight excluding hydrogens is 579 g/mol. The van der Waals surface area contributed by atoms with E-state index in [0.29, 0.717) is 5.56 Å². The number of hydrogen-bond acceptors (Lipinski definition) is 6. The van der Waals surface area contributed by atoms with E-state index in [4.69, 9.17) is 23.2 Å². The van der Waals surface area contributed by atoms with Gasteiger partial charge < -0.3 is 10.2 Å². The van der Waals surface area contributed by atoms with Crippen LogP contribution >= 0.6 is 23.2 Å². The Balaban J connectivity index is 2.08. The molecule has 0 saturated carbocycles. The van der Waals surface area contributed by atoms with Crippen LogP contribution in [-0.4, -0.2) is 48.7 Å². The van der Waals surface area contributed by atoms with Crippen LogP contribution in [0.15, 0.2) is 77.7 Å². The summed E-state index contributed by atoms with van der Waals surface area (Å²) < 4.78 is 28.3. The summed E-state index contributed by atoms with van der Waals surface area (Å²) >= 11 is 12.7. The van der Waals surface area contributed by atoms with Gasteiger partial charge in [0.05, 0.1) is 15.5 Å². The Hall–Kier alpha value is -3.67. The SMILES string of the molecule is CC(C)NC(=O)[C@@H](C)N(Cc1c(Cl)cccc1Cl)C(=O)CN(c1ccc([N+](=O)[O-])cc1)S(=O)(=O)c1ccccc1. The van der Waals surface area contributed by atoms with Gasteiger partial charge in [0.1, 0.15) is 12.6 Å². The smallest absolute Gasteiger partial charge is 0.269 e. The summed E-state index contributed by atoms with van der Waals surface area (Å²) in [6.07, 6.45) is 0. The molecule has 0 fully saturated rings. The maximum atomic E-state index is 13.9. The molecule has 3 rings (SSSR count). The van der Waals surface area contributed by atoms with E-state index in [9.17, 15) is 28.1 Å². The van der Waals surface area contributed by atoms with Crippen LogP contribution in [0.25, 0.3) is 0 Å². The maximum absolute atomic E-state index is 13.9. The van der Waals surface area contributed by atoms with E-state index in [2.05, 4.69) is 5.32 Å². The molecule has 3 aromatic rings. The largest absolute Gasteiger partial charge is 0.352 e. The number of rotatable bonds is 11. The molecular formula is C27H28Cl2N4O6S. The van der Waals surface area contributed by atoms with Crippen molar-refractivity contribution in [2.75, 3.05) is 10.8 Å². The van der Waals surface area contributed by atoms with Gasteiger partial charge in [-0.15, -0.1) is 0 Å². The second-order valence-corrected chi connectivity index (χ2v) is 11.8. The third kappa shape index (κ3) is 7.29. The highest BCUT2D eigenvalue weighted by atomic mass is 35.5. The standard InChI is InChI=1S/C27H28Cl2N4O6S/c1-18(2)30-27(35)19(3)31(16-23-24(28)10-7-11-25(23)29)26(34)17-32(20-12-14-21(15-13-20)33(36)37)40(38,39)22-8-5-4-6-9-22/h4-15,18-19H,16-17H2,1-3H3,(H,30,35)/t19-/m1/s1. The zero-order valence-electron chi connectivity index (χ0n) is 22.0. The number of nitrogens with zero attached hydrogens (tertiary/aromatic N) is 3. The van der Waals surface area contributed by atoms with Crippen molar-refractivity contribution in [2.24, 2.45) is 0 Å². The van der Waals surface area contributed by atoms with Crippen molar-refractivity contribution in [1.29, 1.82) is 0 Å². The molecule has 13 heteroatoms. The van der Waals surface area contributed by atoms with Gasteiger partial charge >= 0.3 is 0 Å². The van der Waals surface area contributed by atoms with E-state index in [1.165, 1.54) is 48.2 Å². The zero-order valence-corrected chi connectivity index (χ0v) is 24.3. The number of halogens is 2. The molecule has 1 N–H and O–H groups in total. The third-order valence-corrected chi connectivity index (χ3v) is 8.44. The summed E-state index contributed by atoms with van der Waals surface area (Å²) in [5.41, 5.74) is 0.162. The molecule has 0 bridgehead atoms. The van der Waals surface area contributed by atoms with Crippen LogP contribution in [0, 0.1) is 10.1 Å². The Kier molecular flexibility index (Phi) is 10.1. The van der Waals surface area contributed by atoms with Gasteiger partial charge in [0.15, 0.2) is 0 Å². The first-order valence-corrected chi connectivity index (χ1v) is 14.4. The average Bonchev–Trinajstić information content (AvgIpc) is 2.91. The summed E-state index contributed by atoms with van der Waals surface area (Å²) in [5.74, 6) is -1.18. The molecule has 0 aliphatic carbocycles. The van der Waals surface area contributed by atoms with Gasteiger partial charge in [-0.05, 0) is 57.2 Å². The summed E-state index contributed by atoms with van der Waals surface area (Å²) in [5, 5.41) is 14.5. The Labute approximate surface area is 242 Å². The lowest BCUT2D eigenvalue weighted by Crippen LogP contribution is -2.52. The van der Waals surface area contributed by atoms with E-state index >= 15 is 0 Å². The first-order valence-electron chi connectivity index (χ1n) is 12.2. The lowest BCUT2D eigenvalue weighted by Gasteiger charge is -2.32. The second kappa shape index (κ2) is 13.1. The maximum Gasteiger partial charge on any atom is 0.269 e. The summed E-state index contributed by atoms with van der Waals surface area (Å²) in [4.78, 5) is 38.5. The summed E-state index contributed by atoms with van der Waals surface area (Å²) in [6, 6.07) is 15.8. The lowest BCUT2D eigenvalue weighted by atomic mass is 10.1. The van der Waals surface area contributed by atoms with Crippen molar-refractivity contribution >= 4 is 56.4 Å². The van der Waals surface area contributed by atoms with Gasteiger partial charge in [0.25, 0.3) is 15.7 Å². The molecule has 0 radical (unpaired) electrons. The van der Waals surface area contributed by atoms with Crippen LogP contribution in [0.5, 0.6) is 0 Å². The minimum absolute atomic E-state index is 0.0258. The van der Waals surface area contributed by atoms with Crippen molar-refractivity contribution in [3.8, 4) is 0 Å². The number of sulfonamides is 1. The van der Waals surface area contributed by atoms with E-state index in [0.717, 1.165) is 16.4 Å². The van der Waals surface area contributed by atoms with Crippen LogP contribution < -0.4 is 9.62 Å². The van der Waals surface area contributed by atoms with Crippen molar-refractivity contribution in [1.82, 2.24) is 10.2 Å². The number of benzene rings is 3. The first-order chi connectivity index (χ1) is 18.8. The van der Waals surface area contributed by atoms with Crippen LogP contribution in [0.3, 0.4) is 0 Å². The lowest BCUT2D eigenvalue weighted by molar-refractivity contribution is -0.384. The van der Waals surface area contributed by atoms with Crippen molar-refractivity contribution < 1.29 is 22.9 Å². The number of amides is 2. The number of nitro groups is 1. The van der Waals surface area contributed by atoms with Crippen molar-refractivity contribution in [2.45, 2.75) is 44.3 Å². The summed E-state index contributed by atoms with van der Waals surface area (Å²) in [7, 11) is -4.31. The van der Waals surface area contributed by atoms with E-state index in [1.54, 1.807) is 38.1 Å². The van der Waals surface area contributed by atoms with Gasteiger partial charge in [-0.3, -0.25) is 24.0 Å². The minimum Gasteiger partial charge on any atom is -0.352 e. The molecule has 3 aromatic carbocycles. The van der Waals surface area contributed by atoms with Gasteiger partial charge in [-0.2, -0.15) is 0 Å². The first kappa shape index (κ1) is 30.9. The van der Waals surface area contributed by atoms with Crippen molar-refractivity contribution in [3.05, 3.63) is 98.5 Å². The topological polar surface area (TPSA) is 130 Å². The van der Waals surface area contributed by atoms with Crippen LogP contribution in [0.2, 0.25) is 10.0 Å². The molecule has 2 amide bonds. The third-order valence-electron chi connectivity index (χ3n) is 5.95. The fourth-order valence-corrected chi connectivity index (χ4v) is 5.78. The minimum atomic E-state index is -4.31. The Bertz CT molecular complexity index is 1460. The molecule has 0 aromatic heterocycles. The van der Waals surface area contributed by atoms with E-state index in [1.807, 2.05) is 0 Å². The highest BCUT2D eigenvalue weighted by Crippen LogP contribution is 2.29. The molecule has 10 nitrogen and oxygen atoms in total. The predicted octanol–water partition coefficient (Wildman–Crippen LogP) is 5.04. The zero-order chi connectivity index (χ0) is 29.6. The van der Waals surface area contributed by atoms with E-state index < -0.39 is 39.3 Å². The molecule has 0 spiro atoms. The van der Waals surface area contributed by atoms with Crippen molar-refractivity contribution in [3.63, 3.8) is 0 Å². The van der Waals surface area contributed by atoms with Gasteiger partial charge in [0, 0.05) is 40.3 Å². The number of nitrogens with one attached hydrogen (secondary N) is 1. The number of hydrogen-bond donors (Lipinski definition) is 1. The second-order valence-electron chi connectivity index (χ2n) is 9.16. The number of nitro benzene ring substituents is 1. The highest BCUT2D eigenvalue weighted by molar-refractivity contribution is 7.92. The molecule has 212 valence electrons. The Morgan fingerprint density at radius 1 is 0.925 bits per heavy atom. The Morgan fingerprint density at radius 3 is 2.02 bits per heavy atom. The van der Waals surface area contributed by atoms with Crippen LogP contribution in [-0.2, 0) is 26.2 Å².